The minimum Gasteiger partial charge on any atom is -0.388 e. The Balaban J connectivity index is 1.88. The van der Waals surface area contributed by atoms with E-state index in [2.05, 4.69) is 5.32 Å². The number of ether oxygens (including phenoxy) is 1. The zero-order valence-electron chi connectivity index (χ0n) is 8.73. The van der Waals surface area contributed by atoms with E-state index in [4.69, 9.17) is 4.74 Å². The predicted octanol–water partition coefficient (Wildman–Crippen LogP) is 1.10. The highest BCUT2D eigenvalue weighted by atomic mass is 16.5. The van der Waals surface area contributed by atoms with Gasteiger partial charge in [0.25, 0.3) is 0 Å². The Morgan fingerprint density at radius 2 is 2.20 bits per heavy atom. The van der Waals surface area contributed by atoms with Crippen molar-refractivity contribution in [2.24, 2.45) is 0 Å². The van der Waals surface area contributed by atoms with Gasteiger partial charge in [-0.1, -0.05) is 30.3 Å². The van der Waals surface area contributed by atoms with Crippen molar-refractivity contribution >= 4 is 0 Å². The van der Waals surface area contributed by atoms with Gasteiger partial charge in [-0.05, 0) is 5.56 Å². The van der Waals surface area contributed by atoms with Crippen molar-refractivity contribution in [3.63, 3.8) is 0 Å². The summed E-state index contributed by atoms with van der Waals surface area (Å²) in [5, 5.41) is 13.2. The first-order chi connectivity index (χ1) is 7.36. The van der Waals surface area contributed by atoms with Crippen molar-refractivity contribution in [2.75, 3.05) is 19.7 Å². The van der Waals surface area contributed by atoms with E-state index in [1.54, 1.807) is 0 Å². The Morgan fingerprint density at radius 1 is 1.40 bits per heavy atom. The molecule has 0 aliphatic carbocycles. The molecule has 15 heavy (non-hydrogen) atoms. The molecule has 2 rings (SSSR count). The molecule has 0 amide bonds. The predicted molar refractivity (Wildman–Crippen MR) is 58.6 cm³/mol. The smallest absolute Gasteiger partial charge is 0.0815 e. The van der Waals surface area contributed by atoms with Gasteiger partial charge in [-0.3, -0.25) is 0 Å². The van der Waals surface area contributed by atoms with Crippen LogP contribution in [0.5, 0.6) is 0 Å². The van der Waals surface area contributed by atoms with E-state index in [-0.39, 0.29) is 6.10 Å². The van der Waals surface area contributed by atoms with Crippen LogP contribution in [-0.2, 0) is 4.74 Å². The summed E-state index contributed by atoms with van der Waals surface area (Å²) in [4.78, 5) is 0. The van der Waals surface area contributed by atoms with Gasteiger partial charge in [-0.2, -0.15) is 0 Å². The van der Waals surface area contributed by atoms with Crippen LogP contribution in [0, 0.1) is 0 Å². The molecule has 2 N–H and O–H groups in total. The van der Waals surface area contributed by atoms with Gasteiger partial charge in [0.05, 0.1) is 18.8 Å². The lowest BCUT2D eigenvalue weighted by molar-refractivity contribution is -0.00507. The molecule has 3 heteroatoms. The highest BCUT2D eigenvalue weighted by Crippen LogP contribution is 2.19. The van der Waals surface area contributed by atoms with Crippen LogP contribution in [0.4, 0.5) is 0 Å². The summed E-state index contributed by atoms with van der Waals surface area (Å²) in [5.41, 5.74) is 0.965. The van der Waals surface area contributed by atoms with Gasteiger partial charge < -0.3 is 15.2 Å². The fraction of sp³-hybridized carbons (Fsp3) is 0.500. The standard InChI is InChI=1S/C12H17NO2/c14-12(10-4-2-1-3-5-10)8-11-9-13-6-7-15-11/h1-5,11-14H,6-9H2. The summed E-state index contributed by atoms with van der Waals surface area (Å²) in [6, 6.07) is 9.73. The molecule has 1 aliphatic heterocycles. The van der Waals surface area contributed by atoms with Crippen LogP contribution >= 0.6 is 0 Å². The first-order valence-corrected chi connectivity index (χ1v) is 5.41. The van der Waals surface area contributed by atoms with Gasteiger partial charge in [-0.15, -0.1) is 0 Å². The summed E-state index contributed by atoms with van der Waals surface area (Å²) in [5.74, 6) is 0. The zero-order valence-corrected chi connectivity index (χ0v) is 8.73. The Labute approximate surface area is 90.1 Å². The SMILES string of the molecule is OC(CC1CNCCO1)c1ccccc1. The summed E-state index contributed by atoms with van der Waals surface area (Å²) >= 11 is 0. The molecule has 1 aromatic rings. The minimum atomic E-state index is -0.420. The quantitative estimate of drug-likeness (QED) is 0.780. The van der Waals surface area contributed by atoms with E-state index in [9.17, 15) is 5.11 Å². The second-order valence-corrected chi connectivity index (χ2v) is 3.86. The largest absolute Gasteiger partial charge is 0.388 e. The Bertz CT molecular complexity index is 283. The van der Waals surface area contributed by atoms with E-state index >= 15 is 0 Å². The van der Waals surface area contributed by atoms with Gasteiger partial charge in [-0.25, -0.2) is 0 Å². The van der Waals surface area contributed by atoms with E-state index in [1.807, 2.05) is 30.3 Å². The monoisotopic (exact) mass is 207 g/mol. The van der Waals surface area contributed by atoms with Gasteiger partial charge in [0.2, 0.25) is 0 Å². The van der Waals surface area contributed by atoms with Crippen LogP contribution in [0.25, 0.3) is 0 Å². The molecule has 0 bridgehead atoms. The third-order valence-corrected chi connectivity index (χ3v) is 2.67. The van der Waals surface area contributed by atoms with Gasteiger partial charge in [0.15, 0.2) is 0 Å². The third kappa shape index (κ3) is 3.02. The second kappa shape index (κ2) is 5.26. The summed E-state index contributed by atoms with van der Waals surface area (Å²) in [6.45, 7) is 2.49. The Hall–Kier alpha value is -0.900. The molecule has 0 aromatic heterocycles. The van der Waals surface area contributed by atoms with Gasteiger partial charge in [0, 0.05) is 19.5 Å². The molecular weight excluding hydrogens is 190 g/mol. The number of aliphatic hydroxyl groups excluding tert-OH is 1. The van der Waals surface area contributed by atoms with Crippen LogP contribution in [-0.4, -0.2) is 30.9 Å². The molecule has 0 spiro atoms. The van der Waals surface area contributed by atoms with Crippen molar-refractivity contribution in [1.82, 2.24) is 5.32 Å². The molecule has 1 aliphatic rings. The summed E-state index contributed by atoms with van der Waals surface area (Å²) < 4.78 is 5.55. The van der Waals surface area contributed by atoms with Crippen molar-refractivity contribution in [3.8, 4) is 0 Å². The third-order valence-electron chi connectivity index (χ3n) is 2.67. The van der Waals surface area contributed by atoms with E-state index in [0.29, 0.717) is 6.42 Å². The molecule has 82 valence electrons. The molecule has 0 radical (unpaired) electrons. The first-order valence-electron chi connectivity index (χ1n) is 5.41. The second-order valence-electron chi connectivity index (χ2n) is 3.86. The highest BCUT2D eigenvalue weighted by Gasteiger charge is 2.18. The Morgan fingerprint density at radius 3 is 2.87 bits per heavy atom. The molecule has 3 nitrogen and oxygen atoms in total. The number of benzene rings is 1. The fourth-order valence-electron chi connectivity index (χ4n) is 1.83. The lowest BCUT2D eigenvalue weighted by Crippen LogP contribution is -2.39. The van der Waals surface area contributed by atoms with E-state index in [0.717, 1.165) is 25.3 Å². The molecule has 0 saturated carbocycles. The molecule has 2 unspecified atom stereocenters. The molecule has 1 fully saturated rings. The fourth-order valence-corrected chi connectivity index (χ4v) is 1.83. The summed E-state index contributed by atoms with van der Waals surface area (Å²) in [7, 11) is 0. The number of hydrogen-bond donors (Lipinski definition) is 2. The molecule has 1 saturated heterocycles. The Kier molecular flexibility index (Phi) is 3.72. The average Bonchev–Trinajstić information content (AvgIpc) is 2.31. The van der Waals surface area contributed by atoms with Crippen LogP contribution in [0.15, 0.2) is 30.3 Å². The topological polar surface area (TPSA) is 41.5 Å². The normalized spacial score (nSPS) is 23.7. The zero-order chi connectivity index (χ0) is 10.5. The van der Waals surface area contributed by atoms with Crippen LogP contribution in [0.3, 0.4) is 0 Å². The van der Waals surface area contributed by atoms with Crippen LogP contribution in [0.1, 0.15) is 18.1 Å². The lowest BCUT2D eigenvalue weighted by Gasteiger charge is -2.25. The van der Waals surface area contributed by atoms with Crippen LogP contribution < -0.4 is 5.32 Å². The highest BCUT2D eigenvalue weighted by molar-refractivity contribution is 5.17. The summed E-state index contributed by atoms with van der Waals surface area (Å²) in [6.07, 6.45) is 0.377. The number of morpholine rings is 1. The molecule has 1 heterocycles. The number of rotatable bonds is 3. The lowest BCUT2D eigenvalue weighted by atomic mass is 10.0. The van der Waals surface area contributed by atoms with Gasteiger partial charge >= 0.3 is 0 Å². The maximum atomic E-state index is 9.96. The van der Waals surface area contributed by atoms with Crippen molar-refractivity contribution < 1.29 is 9.84 Å². The van der Waals surface area contributed by atoms with E-state index < -0.39 is 6.10 Å². The maximum absolute atomic E-state index is 9.96. The first kappa shape index (κ1) is 10.6. The van der Waals surface area contributed by atoms with Crippen molar-refractivity contribution in [1.29, 1.82) is 0 Å². The maximum Gasteiger partial charge on any atom is 0.0815 e. The molecular formula is C12H17NO2. The molecule has 2 atom stereocenters. The minimum absolute atomic E-state index is 0.133. The van der Waals surface area contributed by atoms with E-state index in [1.165, 1.54) is 0 Å². The van der Waals surface area contributed by atoms with Crippen LogP contribution in [0.2, 0.25) is 0 Å². The number of nitrogens with one attached hydrogen (secondary N) is 1. The van der Waals surface area contributed by atoms with Gasteiger partial charge in [0.1, 0.15) is 0 Å². The number of hydrogen-bond acceptors (Lipinski definition) is 3. The van der Waals surface area contributed by atoms with Crippen molar-refractivity contribution in [3.05, 3.63) is 35.9 Å². The number of aliphatic hydroxyl groups is 1. The average molecular weight is 207 g/mol. The van der Waals surface area contributed by atoms with Crippen molar-refractivity contribution in [2.45, 2.75) is 18.6 Å². The molecule has 1 aromatic carbocycles.